The number of halogens is 2. The van der Waals surface area contributed by atoms with Gasteiger partial charge in [0, 0.05) is 5.69 Å². The molecule has 1 aromatic heterocycles. The van der Waals surface area contributed by atoms with E-state index in [1.807, 2.05) is 32.9 Å². The van der Waals surface area contributed by atoms with Crippen LogP contribution in [0.15, 0.2) is 16.7 Å². The highest BCUT2D eigenvalue weighted by Crippen LogP contribution is 2.12. The summed E-state index contributed by atoms with van der Waals surface area (Å²) in [6, 6.07) is 3.77. The van der Waals surface area contributed by atoms with E-state index in [9.17, 15) is 4.39 Å². The Bertz CT molecular complexity index is 281. The van der Waals surface area contributed by atoms with Crippen molar-refractivity contribution in [1.29, 1.82) is 0 Å². The highest BCUT2D eigenvalue weighted by Gasteiger charge is 1.99. The number of aromatic nitrogens is 1. The molecule has 0 aliphatic rings. The molecule has 1 aromatic rings. The second kappa shape index (κ2) is 8.80. The van der Waals surface area contributed by atoms with Gasteiger partial charge in [0.15, 0.2) is 0 Å². The minimum atomic E-state index is -0.441. The number of ether oxygens (including phenoxy) is 1. The largest absolute Gasteiger partial charge is 0.374 e. The lowest BCUT2D eigenvalue weighted by atomic mass is 10.2. The average molecular weight is 278 g/mol. The van der Waals surface area contributed by atoms with E-state index in [-0.39, 0.29) is 6.61 Å². The van der Waals surface area contributed by atoms with E-state index < -0.39 is 6.67 Å². The van der Waals surface area contributed by atoms with E-state index in [0.717, 1.165) is 15.9 Å². The third-order valence-corrected chi connectivity index (χ3v) is 2.08. The van der Waals surface area contributed by atoms with Gasteiger partial charge >= 0.3 is 0 Å². The lowest BCUT2D eigenvalue weighted by Gasteiger charge is -2.05. The fourth-order valence-corrected chi connectivity index (χ4v) is 1.35. The number of rotatable bonds is 4. The molecule has 0 bridgehead atoms. The Morgan fingerprint density at radius 2 is 2.07 bits per heavy atom. The molecule has 0 unspecified atom stereocenters. The molecule has 4 heteroatoms. The SMILES string of the molecule is CC.Cc1nc(Br)ccc1COCCF. The number of alkyl halides is 1. The second-order valence-corrected chi connectivity index (χ2v) is 3.43. The molecule has 0 aromatic carbocycles. The summed E-state index contributed by atoms with van der Waals surface area (Å²) in [4.78, 5) is 4.20. The molecule has 2 nitrogen and oxygen atoms in total. The van der Waals surface area contributed by atoms with Gasteiger partial charge in [0.05, 0.1) is 13.2 Å². The Morgan fingerprint density at radius 1 is 1.40 bits per heavy atom. The zero-order chi connectivity index (χ0) is 11.7. The quantitative estimate of drug-likeness (QED) is 0.619. The molecule has 0 saturated carbocycles. The Hall–Kier alpha value is -0.480. The van der Waals surface area contributed by atoms with Crippen LogP contribution >= 0.6 is 15.9 Å². The van der Waals surface area contributed by atoms with Crippen LogP contribution in [-0.2, 0) is 11.3 Å². The highest BCUT2D eigenvalue weighted by atomic mass is 79.9. The first-order chi connectivity index (χ1) is 7.24. The maximum atomic E-state index is 11.7. The minimum absolute atomic E-state index is 0.148. The van der Waals surface area contributed by atoms with Gasteiger partial charge in [-0.25, -0.2) is 9.37 Å². The first kappa shape index (κ1) is 14.5. The van der Waals surface area contributed by atoms with Crippen molar-refractivity contribution >= 4 is 15.9 Å². The van der Waals surface area contributed by atoms with Gasteiger partial charge in [-0.1, -0.05) is 19.9 Å². The third-order valence-electron chi connectivity index (χ3n) is 1.64. The Kier molecular flexibility index (Phi) is 8.52. The van der Waals surface area contributed by atoms with Crippen molar-refractivity contribution in [3.63, 3.8) is 0 Å². The van der Waals surface area contributed by atoms with Gasteiger partial charge in [-0.3, -0.25) is 0 Å². The van der Waals surface area contributed by atoms with E-state index in [1.54, 1.807) is 0 Å². The Morgan fingerprint density at radius 3 is 2.60 bits per heavy atom. The number of pyridine rings is 1. The van der Waals surface area contributed by atoms with E-state index in [0.29, 0.717) is 6.61 Å². The number of aryl methyl sites for hydroxylation is 1. The molecule has 1 rings (SSSR count). The average Bonchev–Trinajstić information content (AvgIpc) is 2.24. The number of hydrogen-bond acceptors (Lipinski definition) is 2. The second-order valence-electron chi connectivity index (χ2n) is 2.62. The first-order valence-electron chi connectivity index (χ1n) is 5.00. The molecular formula is C11H17BrFNO. The smallest absolute Gasteiger partial charge is 0.113 e. The van der Waals surface area contributed by atoms with Crippen LogP contribution < -0.4 is 0 Å². The van der Waals surface area contributed by atoms with Crippen LogP contribution in [0, 0.1) is 6.92 Å². The molecule has 0 fully saturated rings. The van der Waals surface area contributed by atoms with Crippen LogP contribution in [0.2, 0.25) is 0 Å². The zero-order valence-corrected chi connectivity index (χ0v) is 11.0. The van der Waals surface area contributed by atoms with E-state index in [4.69, 9.17) is 4.74 Å². The summed E-state index contributed by atoms with van der Waals surface area (Å²) < 4.78 is 17.6. The summed E-state index contributed by atoms with van der Waals surface area (Å²) in [5.74, 6) is 0. The molecule has 0 atom stereocenters. The van der Waals surface area contributed by atoms with E-state index in [2.05, 4.69) is 20.9 Å². The standard InChI is InChI=1S/C9H11BrFNO.C2H6/c1-7-8(6-13-5-4-11)2-3-9(10)12-7;1-2/h2-3H,4-6H2,1H3;1-2H3. The molecule has 0 amide bonds. The van der Waals surface area contributed by atoms with Gasteiger partial charge in [-0.05, 0) is 34.5 Å². The lowest BCUT2D eigenvalue weighted by molar-refractivity contribution is 0.106. The van der Waals surface area contributed by atoms with Crippen molar-refractivity contribution in [3.05, 3.63) is 28.0 Å². The van der Waals surface area contributed by atoms with Crippen molar-refractivity contribution in [2.45, 2.75) is 27.4 Å². The van der Waals surface area contributed by atoms with Crippen molar-refractivity contribution in [3.8, 4) is 0 Å². The first-order valence-corrected chi connectivity index (χ1v) is 5.79. The van der Waals surface area contributed by atoms with Crippen LogP contribution in [0.4, 0.5) is 4.39 Å². The monoisotopic (exact) mass is 277 g/mol. The minimum Gasteiger partial charge on any atom is -0.374 e. The summed E-state index contributed by atoms with van der Waals surface area (Å²) in [6.45, 7) is 6.04. The molecule has 0 spiro atoms. The molecule has 0 saturated heterocycles. The van der Waals surface area contributed by atoms with Gasteiger partial charge in [-0.2, -0.15) is 0 Å². The molecule has 1 heterocycles. The van der Waals surface area contributed by atoms with E-state index >= 15 is 0 Å². The molecule has 0 aliphatic carbocycles. The van der Waals surface area contributed by atoms with Crippen LogP contribution in [0.25, 0.3) is 0 Å². The predicted molar refractivity (Wildman–Crippen MR) is 63.7 cm³/mol. The van der Waals surface area contributed by atoms with Crippen molar-refractivity contribution in [1.82, 2.24) is 4.98 Å². The lowest BCUT2D eigenvalue weighted by Crippen LogP contribution is -1.99. The zero-order valence-electron chi connectivity index (χ0n) is 9.39. The predicted octanol–water partition coefficient (Wildman–Crippen LogP) is 3.66. The van der Waals surface area contributed by atoms with Crippen LogP contribution in [0.1, 0.15) is 25.1 Å². The maximum absolute atomic E-state index is 11.7. The number of nitrogens with zero attached hydrogens (tertiary/aromatic N) is 1. The van der Waals surface area contributed by atoms with E-state index in [1.165, 1.54) is 0 Å². The molecule has 0 N–H and O–H groups in total. The topological polar surface area (TPSA) is 22.1 Å². The van der Waals surface area contributed by atoms with Gasteiger partial charge in [0.25, 0.3) is 0 Å². The van der Waals surface area contributed by atoms with Crippen LogP contribution in [-0.4, -0.2) is 18.3 Å². The molecule has 0 aliphatic heterocycles. The molecule has 86 valence electrons. The van der Waals surface area contributed by atoms with Gasteiger partial charge in [0.1, 0.15) is 11.3 Å². The summed E-state index contributed by atoms with van der Waals surface area (Å²) in [6.07, 6.45) is 0. The summed E-state index contributed by atoms with van der Waals surface area (Å²) in [5.41, 5.74) is 1.91. The normalized spacial score (nSPS) is 9.40. The van der Waals surface area contributed by atoms with Gasteiger partial charge < -0.3 is 4.74 Å². The maximum Gasteiger partial charge on any atom is 0.113 e. The fourth-order valence-electron chi connectivity index (χ4n) is 0.948. The summed E-state index contributed by atoms with van der Waals surface area (Å²) >= 11 is 3.27. The highest BCUT2D eigenvalue weighted by molar-refractivity contribution is 9.10. The Labute approximate surface area is 99.0 Å². The summed E-state index contributed by atoms with van der Waals surface area (Å²) in [7, 11) is 0. The summed E-state index contributed by atoms with van der Waals surface area (Å²) in [5, 5.41) is 0. The van der Waals surface area contributed by atoms with Crippen molar-refractivity contribution in [2.24, 2.45) is 0 Å². The van der Waals surface area contributed by atoms with Crippen LogP contribution in [0.3, 0.4) is 0 Å². The van der Waals surface area contributed by atoms with Gasteiger partial charge in [-0.15, -0.1) is 0 Å². The fraction of sp³-hybridized carbons (Fsp3) is 0.545. The molecule has 0 radical (unpaired) electrons. The molecular weight excluding hydrogens is 261 g/mol. The molecule has 15 heavy (non-hydrogen) atoms. The van der Waals surface area contributed by atoms with Gasteiger partial charge in [0.2, 0.25) is 0 Å². The third kappa shape index (κ3) is 5.85. The number of hydrogen-bond donors (Lipinski definition) is 0. The van der Waals surface area contributed by atoms with Crippen LogP contribution in [0.5, 0.6) is 0 Å². The Balaban J connectivity index is 0.000000921. The van der Waals surface area contributed by atoms with Crippen molar-refractivity contribution in [2.75, 3.05) is 13.3 Å². The van der Waals surface area contributed by atoms with Crippen molar-refractivity contribution < 1.29 is 9.13 Å².